The number of amides is 1. The highest BCUT2D eigenvalue weighted by Gasteiger charge is 2.16. The molecule has 0 unspecified atom stereocenters. The molecule has 4 nitrogen and oxygen atoms in total. The van der Waals surface area contributed by atoms with Crippen molar-refractivity contribution < 1.29 is 13.6 Å². The highest BCUT2D eigenvalue weighted by Crippen LogP contribution is 2.26. The van der Waals surface area contributed by atoms with Crippen LogP contribution in [-0.2, 0) is 4.79 Å². The number of nitrogens with one attached hydrogen (secondary N) is 2. The first-order valence-electron chi connectivity index (χ1n) is 5.94. The Bertz CT molecular complexity index is 465. The molecule has 1 saturated heterocycles. The Morgan fingerprint density at radius 1 is 1.29 bits per heavy atom. The van der Waals surface area contributed by atoms with Crippen molar-refractivity contribution in [2.75, 3.05) is 38.0 Å². The third-order valence-electron chi connectivity index (χ3n) is 2.85. The average Bonchev–Trinajstić information content (AvgIpc) is 2.35. The fourth-order valence-electron chi connectivity index (χ4n) is 1.91. The number of hydrogen-bond acceptors (Lipinski definition) is 3. The minimum absolute atomic E-state index is 0. The molecule has 1 fully saturated rings. The van der Waals surface area contributed by atoms with Gasteiger partial charge in [0.25, 0.3) is 0 Å². The predicted octanol–water partition coefficient (Wildman–Crippen LogP) is 2.41. The van der Waals surface area contributed by atoms with E-state index in [-0.39, 0.29) is 47.4 Å². The minimum atomic E-state index is -0.791. The maximum absolute atomic E-state index is 13.5. The molecule has 1 aromatic rings. The summed E-state index contributed by atoms with van der Waals surface area (Å²) in [4.78, 5) is 13.8. The van der Waals surface area contributed by atoms with Crippen molar-refractivity contribution in [1.82, 2.24) is 10.2 Å². The fourth-order valence-corrected chi connectivity index (χ4v) is 2.42. The topological polar surface area (TPSA) is 44.4 Å². The lowest BCUT2D eigenvalue weighted by molar-refractivity contribution is -0.117. The number of halogens is 5. The van der Waals surface area contributed by atoms with Gasteiger partial charge in [-0.1, -0.05) is 0 Å². The van der Waals surface area contributed by atoms with Crippen LogP contribution in [0.5, 0.6) is 0 Å². The van der Waals surface area contributed by atoms with Crippen LogP contribution in [0.2, 0.25) is 0 Å². The van der Waals surface area contributed by atoms with Gasteiger partial charge >= 0.3 is 0 Å². The zero-order chi connectivity index (χ0) is 13.8. The molecule has 1 heterocycles. The molecule has 0 spiro atoms. The number of piperazine rings is 1. The van der Waals surface area contributed by atoms with Gasteiger partial charge < -0.3 is 10.6 Å². The lowest BCUT2D eigenvalue weighted by Crippen LogP contribution is -2.46. The Hall–Kier alpha value is -0.470. The van der Waals surface area contributed by atoms with E-state index in [0.717, 1.165) is 38.3 Å². The van der Waals surface area contributed by atoms with Crippen molar-refractivity contribution in [1.29, 1.82) is 0 Å². The Labute approximate surface area is 142 Å². The van der Waals surface area contributed by atoms with Crippen molar-refractivity contribution in [2.45, 2.75) is 0 Å². The summed E-state index contributed by atoms with van der Waals surface area (Å²) in [6.45, 7) is 3.43. The summed E-state index contributed by atoms with van der Waals surface area (Å²) in [7, 11) is 0. The normalized spacial score (nSPS) is 14.8. The van der Waals surface area contributed by atoms with Crippen LogP contribution < -0.4 is 10.6 Å². The van der Waals surface area contributed by atoms with Crippen LogP contribution in [-0.4, -0.2) is 43.5 Å². The van der Waals surface area contributed by atoms with Crippen LogP contribution in [0.4, 0.5) is 14.5 Å². The number of carbonyl (C=O) groups excluding carboxylic acids is 1. The van der Waals surface area contributed by atoms with E-state index in [1.54, 1.807) is 0 Å². The van der Waals surface area contributed by atoms with Crippen molar-refractivity contribution in [3.05, 3.63) is 28.2 Å². The molecule has 0 saturated carbocycles. The lowest BCUT2D eigenvalue weighted by atomic mass is 10.3. The van der Waals surface area contributed by atoms with E-state index >= 15 is 0 Å². The standard InChI is InChI=1S/C12H14BrF2N3O.2ClH/c13-9-5-8(14)6-10(15)12(9)17-11(19)7-18-3-1-16-2-4-18;;/h5-6,16H,1-4,7H2,(H,17,19);2*1H. The zero-order valence-corrected chi connectivity index (χ0v) is 14.2. The first kappa shape index (κ1) is 20.5. The Morgan fingerprint density at radius 3 is 2.48 bits per heavy atom. The van der Waals surface area contributed by atoms with Gasteiger partial charge in [-0.25, -0.2) is 8.78 Å². The largest absolute Gasteiger partial charge is 0.322 e. The molecule has 0 aromatic heterocycles. The quantitative estimate of drug-likeness (QED) is 0.810. The molecule has 9 heteroatoms. The second-order valence-electron chi connectivity index (χ2n) is 4.32. The molecule has 0 bridgehead atoms. The Kier molecular flexibility index (Phi) is 9.31. The second-order valence-corrected chi connectivity index (χ2v) is 5.17. The first-order valence-corrected chi connectivity index (χ1v) is 6.73. The second kappa shape index (κ2) is 9.53. The molecule has 0 radical (unpaired) electrons. The van der Waals surface area contributed by atoms with E-state index in [1.165, 1.54) is 0 Å². The third-order valence-corrected chi connectivity index (χ3v) is 3.47. The van der Waals surface area contributed by atoms with Crippen LogP contribution >= 0.6 is 40.7 Å². The van der Waals surface area contributed by atoms with Crippen LogP contribution in [0.1, 0.15) is 0 Å². The van der Waals surface area contributed by atoms with Crippen LogP contribution in [0.15, 0.2) is 16.6 Å². The molecule has 2 N–H and O–H groups in total. The van der Waals surface area contributed by atoms with Crippen molar-refractivity contribution in [3.63, 3.8) is 0 Å². The smallest absolute Gasteiger partial charge is 0.238 e. The first-order chi connectivity index (χ1) is 9.06. The summed E-state index contributed by atoms with van der Waals surface area (Å²) in [5.74, 6) is -1.79. The van der Waals surface area contributed by atoms with Gasteiger partial charge in [-0.15, -0.1) is 24.8 Å². The van der Waals surface area contributed by atoms with Crippen LogP contribution in [0.3, 0.4) is 0 Å². The maximum Gasteiger partial charge on any atom is 0.238 e. The van der Waals surface area contributed by atoms with Gasteiger partial charge in [-0.2, -0.15) is 0 Å². The monoisotopic (exact) mass is 405 g/mol. The molecule has 21 heavy (non-hydrogen) atoms. The van der Waals surface area contributed by atoms with E-state index < -0.39 is 11.6 Å². The van der Waals surface area contributed by atoms with Gasteiger partial charge in [-0.3, -0.25) is 9.69 Å². The number of nitrogens with zero attached hydrogens (tertiary/aromatic N) is 1. The van der Waals surface area contributed by atoms with Gasteiger partial charge in [0.15, 0.2) is 5.82 Å². The molecule has 0 atom stereocenters. The fraction of sp³-hybridized carbons (Fsp3) is 0.417. The molecule has 0 aliphatic carbocycles. The molecule has 120 valence electrons. The maximum atomic E-state index is 13.5. The number of hydrogen-bond donors (Lipinski definition) is 2. The number of benzene rings is 1. The van der Waals surface area contributed by atoms with Crippen molar-refractivity contribution in [2.24, 2.45) is 0 Å². The van der Waals surface area contributed by atoms with Gasteiger partial charge in [-0.05, 0) is 22.0 Å². The molecular formula is C12H16BrCl2F2N3O. The molecule has 1 aliphatic heterocycles. The summed E-state index contributed by atoms with van der Waals surface area (Å²) in [5, 5.41) is 5.64. The number of anilines is 1. The van der Waals surface area contributed by atoms with E-state index in [2.05, 4.69) is 26.6 Å². The lowest BCUT2D eigenvalue weighted by Gasteiger charge is -2.26. The zero-order valence-electron chi connectivity index (χ0n) is 11.0. The summed E-state index contributed by atoms with van der Waals surface area (Å²) in [6, 6.07) is 1.86. The minimum Gasteiger partial charge on any atom is -0.322 e. The molecule has 1 amide bonds. The molecule has 2 rings (SSSR count). The van der Waals surface area contributed by atoms with Gasteiger partial charge in [0.2, 0.25) is 5.91 Å². The van der Waals surface area contributed by atoms with Crippen LogP contribution in [0, 0.1) is 11.6 Å². The third kappa shape index (κ3) is 6.04. The SMILES string of the molecule is Cl.Cl.O=C(CN1CCNCC1)Nc1c(F)cc(F)cc1Br. The predicted molar refractivity (Wildman–Crippen MR) is 86.5 cm³/mol. The van der Waals surface area contributed by atoms with Gasteiger partial charge in [0.1, 0.15) is 5.82 Å². The van der Waals surface area contributed by atoms with E-state index in [1.807, 2.05) is 4.90 Å². The average molecular weight is 407 g/mol. The number of carbonyl (C=O) groups is 1. The molecule has 1 aliphatic rings. The highest BCUT2D eigenvalue weighted by molar-refractivity contribution is 9.10. The molecular weight excluding hydrogens is 391 g/mol. The summed E-state index contributed by atoms with van der Waals surface area (Å²) in [6.07, 6.45) is 0. The Balaban J connectivity index is 0.00000200. The summed E-state index contributed by atoms with van der Waals surface area (Å²) < 4.78 is 26.7. The summed E-state index contributed by atoms with van der Waals surface area (Å²) >= 11 is 3.03. The van der Waals surface area contributed by atoms with E-state index in [0.29, 0.717) is 0 Å². The van der Waals surface area contributed by atoms with Crippen LogP contribution in [0.25, 0.3) is 0 Å². The van der Waals surface area contributed by atoms with Crippen molar-refractivity contribution >= 4 is 52.3 Å². The summed E-state index contributed by atoms with van der Waals surface area (Å²) in [5.41, 5.74) is -0.0264. The van der Waals surface area contributed by atoms with E-state index in [4.69, 9.17) is 0 Å². The van der Waals surface area contributed by atoms with Crippen molar-refractivity contribution in [3.8, 4) is 0 Å². The highest BCUT2D eigenvalue weighted by atomic mass is 79.9. The van der Waals surface area contributed by atoms with Gasteiger partial charge in [0, 0.05) is 36.7 Å². The van der Waals surface area contributed by atoms with Gasteiger partial charge in [0.05, 0.1) is 12.2 Å². The van der Waals surface area contributed by atoms with E-state index in [9.17, 15) is 13.6 Å². The molecule has 1 aromatic carbocycles. The Morgan fingerprint density at radius 2 is 1.90 bits per heavy atom. The number of rotatable bonds is 3.